The van der Waals surface area contributed by atoms with Crippen molar-refractivity contribution < 1.29 is 28.5 Å². The fraction of sp³-hybridized carbons (Fsp3) is 0.368. The Hall–Kier alpha value is -2.96. The molecule has 26 heavy (non-hydrogen) atoms. The SMILES string of the molecule is CCOC(=O)C1=CN(C)C=C(C(=O)OCC)C1c1ccc2c(c1)OCO2. The van der Waals surface area contributed by atoms with E-state index in [-0.39, 0.29) is 20.0 Å². The summed E-state index contributed by atoms with van der Waals surface area (Å²) in [6, 6.07) is 5.35. The highest BCUT2D eigenvalue weighted by molar-refractivity contribution is 5.98. The van der Waals surface area contributed by atoms with Gasteiger partial charge in [-0.25, -0.2) is 9.59 Å². The van der Waals surface area contributed by atoms with Crippen molar-refractivity contribution in [3.8, 4) is 11.5 Å². The van der Waals surface area contributed by atoms with Gasteiger partial charge < -0.3 is 23.8 Å². The predicted molar refractivity (Wildman–Crippen MR) is 92.5 cm³/mol. The quantitative estimate of drug-likeness (QED) is 0.747. The van der Waals surface area contributed by atoms with E-state index in [1.54, 1.807) is 50.3 Å². The molecule has 0 N–H and O–H groups in total. The second kappa shape index (κ2) is 7.51. The van der Waals surface area contributed by atoms with Crippen LogP contribution in [0.15, 0.2) is 41.7 Å². The maximum absolute atomic E-state index is 12.5. The van der Waals surface area contributed by atoms with Gasteiger partial charge in [0.25, 0.3) is 0 Å². The molecule has 0 radical (unpaired) electrons. The van der Waals surface area contributed by atoms with Crippen LogP contribution in [-0.2, 0) is 19.1 Å². The van der Waals surface area contributed by atoms with Crippen LogP contribution >= 0.6 is 0 Å². The first-order valence-electron chi connectivity index (χ1n) is 8.44. The summed E-state index contributed by atoms with van der Waals surface area (Å²) < 4.78 is 21.2. The molecule has 7 nitrogen and oxygen atoms in total. The molecule has 0 amide bonds. The molecule has 0 saturated heterocycles. The monoisotopic (exact) mass is 359 g/mol. The van der Waals surface area contributed by atoms with E-state index in [1.165, 1.54) is 0 Å². The van der Waals surface area contributed by atoms with E-state index in [9.17, 15) is 9.59 Å². The van der Waals surface area contributed by atoms with Crippen LogP contribution in [0.1, 0.15) is 25.3 Å². The van der Waals surface area contributed by atoms with E-state index in [1.807, 2.05) is 6.07 Å². The highest BCUT2D eigenvalue weighted by atomic mass is 16.7. The molecule has 2 aliphatic rings. The van der Waals surface area contributed by atoms with Crippen molar-refractivity contribution in [2.75, 3.05) is 27.1 Å². The third-order valence-electron chi connectivity index (χ3n) is 4.06. The topological polar surface area (TPSA) is 74.3 Å². The molecule has 0 fully saturated rings. The Labute approximate surface area is 151 Å². The largest absolute Gasteiger partial charge is 0.463 e. The second-order valence-electron chi connectivity index (χ2n) is 5.82. The number of nitrogens with zero attached hydrogens (tertiary/aromatic N) is 1. The number of hydrogen-bond donors (Lipinski definition) is 0. The lowest BCUT2D eigenvalue weighted by Crippen LogP contribution is -2.28. The van der Waals surface area contributed by atoms with Crippen molar-refractivity contribution in [2.24, 2.45) is 0 Å². The van der Waals surface area contributed by atoms with Crippen molar-refractivity contribution in [2.45, 2.75) is 19.8 Å². The first-order valence-corrected chi connectivity index (χ1v) is 8.44. The Bertz CT molecular complexity index is 746. The fourth-order valence-corrected chi connectivity index (χ4v) is 3.01. The van der Waals surface area contributed by atoms with E-state index in [2.05, 4.69) is 0 Å². The molecule has 1 aromatic carbocycles. The molecule has 0 saturated carbocycles. The zero-order valence-corrected chi connectivity index (χ0v) is 15.0. The van der Waals surface area contributed by atoms with Crippen LogP contribution in [0, 0.1) is 0 Å². The van der Waals surface area contributed by atoms with E-state index in [0.717, 1.165) is 5.56 Å². The summed E-state index contributed by atoms with van der Waals surface area (Å²) in [5.74, 6) is -0.356. The van der Waals surface area contributed by atoms with Crippen LogP contribution in [0.5, 0.6) is 11.5 Å². The molecule has 2 heterocycles. The zero-order chi connectivity index (χ0) is 18.7. The lowest BCUT2D eigenvalue weighted by atomic mass is 9.83. The Kier molecular flexibility index (Phi) is 5.16. The van der Waals surface area contributed by atoms with Crippen molar-refractivity contribution >= 4 is 11.9 Å². The molecule has 1 aromatic rings. The molecule has 0 atom stereocenters. The summed E-state index contributed by atoms with van der Waals surface area (Å²) >= 11 is 0. The molecule has 2 aliphatic heterocycles. The van der Waals surface area contributed by atoms with E-state index in [0.29, 0.717) is 22.6 Å². The summed E-state index contributed by atoms with van der Waals surface area (Å²) in [4.78, 5) is 26.7. The molecular formula is C19H21NO6. The van der Waals surface area contributed by atoms with Crippen molar-refractivity contribution in [1.82, 2.24) is 4.90 Å². The minimum Gasteiger partial charge on any atom is -0.463 e. The normalized spacial score (nSPS) is 16.0. The van der Waals surface area contributed by atoms with Crippen molar-refractivity contribution in [3.05, 3.63) is 47.3 Å². The van der Waals surface area contributed by atoms with Gasteiger partial charge in [0.05, 0.1) is 30.3 Å². The number of esters is 2. The Morgan fingerprint density at radius 2 is 1.62 bits per heavy atom. The number of carbonyl (C=O) groups is 2. The summed E-state index contributed by atoms with van der Waals surface area (Å²) in [5.41, 5.74) is 1.44. The standard InChI is InChI=1S/C19H21NO6/c1-4-23-18(21)13-9-20(3)10-14(19(22)24-5-2)17(13)12-6-7-15-16(8-12)26-11-25-15/h6-10,17H,4-5,11H2,1-3H3. The average molecular weight is 359 g/mol. The number of hydrogen-bond acceptors (Lipinski definition) is 7. The number of carbonyl (C=O) groups excluding carboxylic acids is 2. The lowest BCUT2D eigenvalue weighted by Gasteiger charge is -2.28. The van der Waals surface area contributed by atoms with Gasteiger partial charge in [0.15, 0.2) is 11.5 Å². The molecule has 0 aromatic heterocycles. The molecule has 0 unspecified atom stereocenters. The van der Waals surface area contributed by atoms with Crippen molar-refractivity contribution in [3.63, 3.8) is 0 Å². The van der Waals surface area contributed by atoms with Crippen LogP contribution < -0.4 is 9.47 Å². The van der Waals surface area contributed by atoms with Crippen LogP contribution in [-0.4, -0.2) is 43.9 Å². The van der Waals surface area contributed by atoms with Crippen LogP contribution in [0.3, 0.4) is 0 Å². The Balaban J connectivity index is 2.06. The van der Waals surface area contributed by atoms with E-state index in [4.69, 9.17) is 18.9 Å². The highest BCUT2D eigenvalue weighted by Gasteiger charge is 2.35. The molecule has 0 bridgehead atoms. The van der Waals surface area contributed by atoms with Gasteiger partial charge in [0, 0.05) is 19.4 Å². The van der Waals surface area contributed by atoms with Gasteiger partial charge in [-0.2, -0.15) is 0 Å². The maximum Gasteiger partial charge on any atom is 0.336 e. The number of fused-ring (bicyclic) bond motifs is 1. The van der Waals surface area contributed by atoms with Crippen LogP contribution in [0.25, 0.3) is 0 Å². The van der Waals surface area contributed by atoms with Crippen molar-refractivity contribution in [1.29, 1.82) is 0 Å². The first-order chi connectivity index (χ1) is 12.5. The van der Waals surface area contributed by atoms with Gasteiger partial charge in [0.2, 0.25) is 6.79 Å². The van der Waals surface area contributed by atoms with Gasteiger partial charge in [-0.05, 0) is 31.5 Å². The first kappa shape index (κ1) is 17.8. The van der Waals surface area contributed by atoms with E-state index >= 15 is 0 Å². The second-order valence-corrected chi connectivity index (χ2v) is 5.82. The predicted octanol–water partition coefficient (Wildman–Crippen LogP) is 2.34. The summed E-state index contributed by atoms with van der Waals surface area (Å²) in [7, 11) is 1.74. The van der Waals surface area contributed by atoms with E-state index < -0.39 is 17.9 Å². The molecule has 7 heteroatoms. The smallest absolute Gasteiger partial charge is 0.336 e. The Morgan fingerprint density at radius 3 is 2.19 bits per heavy atom. The summed E-state index contributed by atoms with van der Waals surface area (Å²) in [6.45, 7) is 4.11. The zero-order valence-electron chi connectivity index (χ0n) is 15.0. The van der Waals surface area contributed by atoms with Gasteiger partial charge >= 0.3 is 11.9 Å². The molecule has 3 rings (SSSR count). The van der Waals surface area contributed by atoms with Gasteiger partial charge in [-0.1, -0.05) is 6.07 Å². The van der Waals surface area contributed by atoms with Gasteiger partial charge in [-0.3, -0.25) is 0 Å². The average Bonchev–Trinajstić information content (AvgIpc) is 3.09. The van der Waals surface area contributed by atoms with Gasteiger partial charge in [-0.15, -0.1) is 0 Å². The fourth-order valence-electron chi connectivity index (χ4n) is 3.01. The lowest BCUT2D eigenvalue weighted by molar-refractivity contribution is -0.139. The van der Waals surface area contributed by atoms with Gasteiger partial charge in [0.1, 0.15) is 0 Å². The minimum absolute atomic E-state index is 0.146. The Morgan fingerprint density at radius 1 is 1.04 bits per heavy atom. The minimum atomic E-state index is -0.612. The number of benzene rings is 1. The molecule has 0 aliphatic carbocycles. The third-order valence-corrected chi connectivity index (χ3v) is 4.06. The number of ether oxygens (including phenoxy) is 4. The number of rotatable bonds is 5. The molecule has 138 valence electrons. The van der Waals surface area contributed by atoms with Crippen LogP contribution in [0.4, 0.5) is 0 Å². The highest BCUT2D eigenvalue weighted by Crippen LogP contribution is 2.41. The summed E-state index contributed by atoms with van der Waals surface area (Å²) in [6.07, 6.45) is 3.33. The van der Waals surface area contributed by atoms with Crippen LogP contribution in [0.2, 0.25) is 0 Å². The maximum atomic E-state index is 12.5. The molecular weight excluding hydrogens is 338 g/mol. The third kappa shape index (κ3) is 3.37. The molecule has 0 spiro atoms. The summed E-state index contributed by atoms with van der Waals surface area (Å²) in [5, 5.41) is 0.